The van der Waals surface area contributed by atoms with Crippen LogP contribution >= 0.6 is 11.3 Å². The van der Waals surface area contributed by atoms with E-state index in [4.69, 9.17) is 18.8 Å². The number of fused-ring (bicyclic) bond motifs is 1. The maximum Gasteiger partial charge on any atom is 1.00 e. The van der Waals surface area contributed by atoms with Crippen molar-refractivity contribution in [3.63, 3.8) is 0 Å². The third-order valence-corrected chi connectivity index (χ3v) is 3.81. The molecule has 2 rings (SSSR count). The van der Waals surface area contributed by atoms with Crippen LogP contribution < -0.4 is 60.9 Å². The number of ether oxygens (including phenoxy) is 3. The van der Waals surface area contributed by atoms with Gasteiger partial charge in [0.15, 0.2) is 17.6 Å². The quantitative estimate of drug-likeness (QED) is 0.379. The number of hydrogen-bond acceptors (Lipinski definition) is 6. The smallest absolute Gasteiger partial charge is 1.00 e. The van der Waals surface area contributed by atoms with Crippen LogP contribution in [0.1, 0.15) is 7.85 Å². The molecule has 0 aliphatic carbocycles. The van der Waals surface area contributed by atoms with Crippen LogP contribution in [-0.4, -0.2) is 44.6 Å². The molecule has 1 aliphatic heterocycles. The van der Waals surface area contributed by atoms with Gasteiger partial charge < -0.3 is 15.6 Å². The van der Waals surface area contributed by atoms with Crippen LogP contribution in [0, 0.1) is 0 Å². The average molecular weight is 334 g/mol. The van der Waals surface area contributed by atoms with Crippen LogP contribution in [0.25, 0.3) is 0 Å². The molecule has 2 heterocycles. The zero-order valence-corrected chi connectivity index (χ0v) is 15.3. The van der Waals surface area contributed by atoms with Gasteiger partial charge in [-0.05, 0) is 6.42 Å². The van der Waals surface area contributed by atoms with Gasteiger partial charge in [0.1, 0.15) is 6.61 Å². The Labute approximate surface area is 160 Å². The Morgan fingerprint density at radius 1 is 1.47 bits per heavy atom. The second-order valence-corrected chi connectivity index (χ2v) is 6.18. The molecule has 1 aromatic heterocycles. The van der Waals surface area contributed by atoms with E-state index in [-0.39, 0.29) is 77.7 Å². The summed E-state index contributed by atoms with van der Waals surface area (Å²) in [7, 11) is -3.90. The van der Waals surface area contributed by atoms with E-state index >= 15 is 0 Å². The first-order chi connectivity index (χ1) is 8.54. The van der Waals surface area contributed by atoms with Gasteiger partial charge >= 0.3 is 51.4 Å². The molecule has 0 saturated heterocycles. The maximum atomic E-state index is 10.5. The van der Waals surface area contributed by atoms with Crippen molar-refractivity contribution in [2.75, 3.05) is 25.6 Å². The van der Waals surface area contributed by atoms with Gasteiger partial charge in [0.2, 0.25) is 0 Å². The molecule has 19 heavy (non-hydrogen) atoms. The van der Waals surface area contributed by atoms with E-state index in [0.29, 0.717) is 13.2 Å². The Balaban J connectivity index is 0.00000180. The fourth-order valence-corrected chi connectivity index (χ4v) is 2.66. The van der Waals surface area contributed by atoms with E-state index in [1.54, 1.807) is 0 Å². The summed E-state index contributed by atoms with van der Waals surface area (Å²) in [6, 6.07) is 0. The largest absolute Gasteiger partial charge is 1.00 e. The van der Waals surface area contributed by atoms with Crippen molar-refractivity contribution in [3.8, 4) is 11.5 Å². The van der Waals surface area contributed by atoms with Gasteiger partial charge in [0.25, 0.3) is 10.1 Å². The van der Waals surface area contributed by atoms with Crippen molar-refractivity contribution in [1.82, 2.24) is 0 Å². The summed E-state index contributed by atoms with van der Waals surface area (Å²) in [5.74, 6) is 1.18. The zero-order valence-electron chi connectivity index (χ0n) is 11.6. The number of rotatable bonds is 6. The summed E-state index contributed by atoms with van der Waals surface area (Å²) >= 11 is 1.51. The van der Waals surface area contributed by atoms with Crippen molar-refractivity contribution in [3.05, 3.63) is 10.8 Å². The van der Waals surface area contributed by atoms with Crippen LogP contribution in [0.2, 0.25) is 0 Å². The van der Waals surface area contributed by atoms with E-state index in [2.05, 4.69) is 0 Å². The fourth-order valence-electron chi connectivity index (χ4n) is 1.50. The summed E-state index contributed by atoms with van der Waals surface area (Å²) < 4.78 is 45.8. The average Bonchev–Trinajstić information content (AvgIpc) is 2.74. The molecule has 104 valence electrons. The summed E-state index contributed by atoms with van der Waals surface area (Å²) in [6.07, 6.45) is 0.0775. The molecule has 1 aliphatic rings. The maximum absolute atomic E-state index is 10.5. The van der Waals surface area contributed by atoms with Crippen LogP contribution in [0.3, 0.4) is 0 Å². The second-order valence-electron chi connectivity index (χ2n) is 3.87. The zero-order chi connectivity index (χ0) is 13.0. The van der Waals surface area contributed by atoms with Gasteiger partial charge in [-0.1, -0.05) is 0 Å². The molecule has 0 amide bonds. The topological polar surface area (TPSA) is 82.1 Å². The number of thiophene rings is 1. The minimum Gasteiger partial charge on any atom is -1.00 e. The van der Waals surface area contributed by atoms with E-state index < -0.39 is 10.1 Å². The van der Waals surface area contributed by atoms with Gasteiger partial charge in [-0.15, -0.1) is 11.3 Å². The summed E-state index contributed by atoms with van der Waals surface area (Å²) in [4.78, 5) is 0. The van der Waals surface area contributed by atoms with Crippen molar-refractivity contribution in [2.45, 2.75) is 12.5 Å². The van der Waals surface area contributed by atoms with E-state index in [1.165, 1.54) is 11.3 Å². The molecule has 1 aromatic rings. The minimum absolute atomic E-state index is 0. The summed E-state index contributed by atoms with van der Waals surface area (Å²) in [5, 5.41) is 3.73. The van der Waals surface area contributed by atoms with Crippen molar-refractivity contribution < 1.29 is 80.0 Å². The number of hydrogen-bond donors (Lipinski definition) is 1. The van der Waals surface area contributed by atoms with E-state index in [9.17, 15) is 8.42 Å². The first-order valence-electron chi connectivity index (χ1n) is 5.43. The van der Waals surface area contributed by atoms with Crippen molar-refractivity contribution in [2.24, 2.45) is 0 Å². The molecule has 0 radical (unpaired) electrons. The van der Waals surface area contributed by atoms with Crippen molar-refractivity contribution in [1.29, 1.82) is 0 Å². The normalized spacial score (nSPS) is 17.8. The molecule has 1 N–H and O–H groups in total. The Kier molecular flexibility index (Phi) is 7.80. The van der Waals surface area contributed by atoms with Crippen LogP contribution in [0.4, 0.5) is 0 Å². The molecule has 0 aromatic carbocycles. The monoisotopic (exact) mass is 334 g/mol. The van der Waals surface area contributed by atoms with Gasteiger partial charge in [-0.2, -0.15) is 8.42 Å². The molecule has 0 spiro atoms. The molecule has 0 saturated carbocycles. The first-order valence-corrected chi connectivity index (χ1v) is 7.98. The van der Waals surface area contributed by atoms with Crippen LogP contribution in [-0.2, 0) is 14.9 Å². The van der Waals surface area contributed by atoms with Crippen molar-refractivity contribution >= 4 is 21.5 Å². The molecule has 6 nitrogen and oxygen atoms in total. The van der Waals surface area contributed by atoms with E-state index in [0.717, 1.165) is 11.5 Å². The third kappa shape index (κ3) is 6.40. The standard InChI is InChI=1S/C10H14O6S2.K.H/c11-18(12,13)3-1-2-14-4-8-5-15-9-6-17-7-10(9)16-8;;/h6-8H,1-5H2,(H,11,12,13);;/q;+1;-1. The van der Waals surface area contributed by atoms with Crippen LogP contribution in [0.15, 0.2) is 10.8 Å². The van der Waals surface area contributed by atoms with E-state index in [1.807, 2.05) is 10.8 Å². The molecule has 0 fully saturated rings. The Bertz CT molecular complexity index is 492. The van der Waals surface area contributed by atoms with Gasteiger partial charge in [-0.3, -0.25) is 4.55 Å². The fraction of sp³-hybridized carbons (Fsp3) is 0.600. The molecule has 0 bridgehead atoms. The Morgan fingerprint density at radius 2 is 2.21 bits per heavy atom. The second kappa shape index (κ2) is 8.30. The predicted octanol–water partition coefficient (Wildman–Crippen LogP) is -1.70. The molecule has 1 atom stereocenters. The van der Waals surface area contributed by atoms with Gasteiger partial charge in [0.05, 0.1) is 12.4 Å². The molecular formula is C10H15KO6S2. The minimum atomic E-state index is -3.90. The SMILES string of the molecule is O=S(=O)(O)CCCOCC1COc2cscc2O1.[H-].[K+]. The van der Waals surface area contributed by atoms with Gasteiger partial charge in [0, 0.05) is 17.4 Å². The predicted molar refractivity (Wildman–Crippen MR) is 67.2 cm³/mol. The van der Waals surface area contributed by atoms with Crippen LogP contribution in [0.5, 0.6) is 11.5 Å². The third-order valence-electron chi connectivity index (χ3n) is 2.31. The summed E-state index contributed by atoms with van der Waals surface area (Å²) in [6.45, 7) is 1.01. The summed E-state index contributed by atoms with van der Waals surface area (Å²) in [5.41, 5.74) is 0. The Morgan fingerprint density at radius 3 is 2.95 bits per heavy atom. The molecule has 9 heteroatoms. The van der Waals surface area contributed by atoms with Gasteiger partial charge in [-0.25, -0.2) is 0 Å². The molecule has 1 unspecified atom stereocenters. The first kappa shape index (κ1) is 17.9. The Hall–Kier alpha value is 0.806. The molecular weight excluding hydrogens is 319 g/mol.